The molecule has 0 radical (unpaired) electrons. The van der Waals surface area contributed by atoms with Crippen LogP contribution in [-0.2, 0) is 26.4 Å². The minimum absolute atomic E-state index is 0.0425. The Bertz CT molecular complexity index is 1270. The van der Waals surface area contributed by atoms with Gasteiger partial charge in [-0.15, -0.1) is 0 Å². The first-order valence-electron chi connectivity index (χ1n) is 9.38. The molecule has 1 fully saturated rings. The number of nitrogens with zero attached hydrogens (tertiary/aromatic N) is 3. The van der Waals surface area contributed by atoms with Crippen molar-refractivity contribution in [3.8, 4) is 0 Å². The molecule has 3 rings (SSSR count). The van der Waals surface area contributed by atoms with Gasteiger partial charge in [-0.3, -0.25) is 9.59 Å². The minimum atomic E-state index is -3.75. The molecule has 2 aromatic rings. The maximum absolute atomic E-state index is 12.9. The van der Waals surface area contributed by atoms with Crippen LogP contribution in [0, 0.1) is 13.8 Å². The summed E-state index contributed by atoms with van der Waals surface area (Å²) in [5.41, 5.74) is 1.32. The summed E-state index contributed by atoms with van der Waals surface area (Å²) in [5, 5.41) is 0. The summed E-state index contributed by atoms with van der Waals surface area (Å²) in [6.07, 6.45) is 1.66. The number of pyridine rings is 1. The van der Waals surface area contributed by atoms with Crippen LogP contribution >= 0.6 is 0 Å². The molecule has 3 heterocycles. The van der Waals surface area contributed by atoms with Crippen LogP contribution in [0.4, 0.5) is 0 Å². The lowest BCUT2D eigenvalue weighted by atomic mass is 10.1. The molecular formula is C19H25N3O6S2. The third kappa shape index (κ3) is 4.14. The minimum Gasteiger partial charge on any atom is -0.344 e. The van der Waals surface area contributed by atoms with E-state index in [4.69, 9.17) is 0 Å². The van der Waals surface area contributed by atoms with Gasteiger partial charge >= 0.3 is 0 Å². The molecule has 0 bridgehead atoms. The number of aromatic nitrogens is 2. The third-order valence-corrected chi connectivity index (χ3v) is 8.96. The summed E-state index contributed by atoms with van der Waals surface area (Å²) >= 11 is 0. The van der Waals surface area contributed by atoms with E-state index >= 15 is 0 Å². The number of aryl methyl sites for hydroxylation is 1. The lowest BCUT2D eigenvalue weighted by Crippen LogP contribution is -2.27. The number of rotatable bonds is 6. The molecule has 0 aromatic carbocycles. The predicted octanol–water partition coefficient (Wildman–Crippen LogP) is 0.759. The van der Waals surface area contributed by atoms with Crippen LogP contribution in [0.1, 0.15) is 34.2 Å². The Kier molecular flexibility index (Phi) is 5.82. The van der Waals surface area contributed by atoms with Gasteiger partial charge in [-0.1, -0.05) is 0 Å². The maximum atomic E-state index is 12.9. The largest absolute Gasteiger partial charge is 0.344 e. The van der Waals surface area contributed by atoms with Crippen LogP contribution in [0.25, 0.3) is 0 Å². The van der Waals surface area contributed by atoms with Gasteiger partial charge in [0.1, 0.15) is 0 Å². The van der Waals surface area contributed by atoms with E-state index < -0.39 is 25.4 Å². The van der Waals surface area contributed by atoms with Gasteiger partial charge in [-0.05, 0) is 32.4 Å². The van der Waals surface area contributed by atoms with E-state index in [-0.39, 0.29) is 34.8 Å². The summed E-state index contributed by atoms with van der Waals surface area (Å²) < 4.78 is 52.3. The number of sulfonamides is 1. The summed E-state index contributed by atoms with van der Waals surface area (Å²) in [4.78, 5) is 25.1. The van der Waals surface area contributed by atoms with E-state index in [1.165, 1.54) is 20.2 Å². The lowest BCUT2D eigenvalue weighted by molar-refractivity contribution is 0.0969. The van der Waals surface area contributed by atoms with Crippen LogP contribution in [-0.4, -0.2) is 61.7 Å². The fourth-order valence-corrected chi connectivity index (χ4v) is 6.46. The van der Waals surface area contributed by atoms with Gasteiger partial charge in [0.15, 0.2) is 15.6 Å². The molecule has 11 heteroatoms. The van der Waals surface area contributed by atoms with Crippen LogP contribution in [0.2, 0.25) is 0 Å². The molecule has 9 nitrogen and oxygen atoms in total. The van der Waals surface area contributed by atoms with Crippen LogP contribution in [0.15, 0.2) is 34.1 Å². The van der Waals surface area contributed by atoms with E-state index in [2.05, 4.69) is 0 Å². The normalized spacial score (nSPS) is 18.8. The molecule has 1 aliphatic heterocycles. The zero-order valence-corrected chi connectivity index (χ0v) is 19.0. The third-order valence-electron chi connectivity index (χ3n) is 5.41. The Morgan fingerprint density at radius 1 is 1.23 bits per heavy atom. The van der Waals surface area contributed by atoms with Crippen LogP contribution in [0.5, 0.6) is 0 Å². The summed E-state index contributed by atoms with van der Waals surface area (Å²) in [7, 11) is -4.06. The smallest absolute Gasteiger partial charge is 0.251 e. The standard InChI is InChI=1S/C19H25N3O6S2/c1-13-9-17(14(2)22(13)15-7-8-29(25,26)12-15)18(23)11-21-10-16(5-6-19(21)24)30(27,28)20(3)4/h5-6,9-10,15H,7-8,11-12H2,1-4H3/t15-/m1/s1. The number of hydrogen-bond donors (Lipinski definition) is 0. The molecular weight excluding hydrogens is 430 g/mol. The van der Waals surface area contributed by atoms with E-state index in [9.17, 15) is 26.4 Å². The van der Waals surface area contributed by atoms with Gasteiger partial charge in [0.2, 0.25) is 10.0 Å². The van der Waals surface area contributed by atoms with Crippen molar-refractivity contribution >= 4 is 25.6 Å². The van der Waals surface area contributed by atoms with Gasteiger partial charge in [0.05, 0.1) is 22.9 Å². The molecule has 1 aliphatic rings. The SMILES string of the molecule is Cc1cc(C(=O)Cn2cc(S(=O)(=O)N(C)C)ccc2=O)c(C)n1[C@@H]1CCS(=O)(=O)C1. The highest BCUT2D eigenvalue weighted by Crippen LogP contribution is 2.29. The summed E-state index contributed by atoms with van der Waals surface area (Å²) in [6, 6.07) is 3.81. The van der Waals surface area contributed by atoms with Crippen molar-refractivity contribution in [2.45, 2.75) is 37.8 Å². The van der Waals surface area contributed by atoms with Crippen molar-refractivity contribution in [2.75, 3.05) is 25.6 Å². The highest BCUT2D eigenvalue weighted by Gasteiger charge is 2.31. The lowest BCUT2D eigenvalue weighted by Gasteiger charge is -2.16. The number of ketones is 1. The van der Waals surface area contributed by atoms with Gasteiger partial charge in [-0.2, -0.15) is 0 Å². The highest BCUT2D eigenvalue weighted by atomic mass is 32.2. The Labute approximate surface area is 175 Å². The first-order chi connectivity index (χ1) is 13.8. The van der Waals surface area contributed by atoms with Crippen molar-refractivity contribution in [3.05, 3.63) is 51.7 Å². The monoisotopic (exact) mass is 455 g/mol. The predicted molar refractivity (Wildman–Crippen MR) is 112 cm³/mol. The number of Topliss-reactive ketones (excluding diaryl/α,β-unsaturated/α-hetero) is 1. The molecule has 2 aromatic heterocycles. The molecule has 0 amide bonds. The quantitative estimate of drug-likeness (QED) is 0.594. The fraction of sp³-hybridized carbons (Fsp3) is 0.474. The van der Waals surface area contributed by atoms with Gasteiger partial charge < -0.3 is 9.13 Å². The second-order valence-corrected chi connectivity index (χ2v) is 12.1. The summed E-state index contributed by atoms with van der Waals surface area (Å²) in [6.45, 7) is 3.24. The maximum Gasteiger partial charge on any atom is 0.251 e. The van der Waals surface area contributed by atoms with Gasteiger partial charge in [0, 0.05) is 49.4 Å². The number of carbonyl (C=O) groups excluding carboxylic acids is 1. The first kappa shape index (κ1) is 22.4. The van der Waals surface area contributed by atoms with Gasteiger partial charge in [-0.25, -0.2) is 21.1 Å². The van der Waals surface area contributed by atoms with Crippen LogP contribution in [0.3, 0.4) is 0 Å². The second-order valence-electron chi connectivity index (χ2n) is 7.75. The molecule has 1 saturated heterocycles. The average molecular weight is 456 g/mol. The summed E-state index contributed by atoms with van der Waals surface area (Å²) in [5.74, 6) is -0.182. The Hall–Kier alpha value is -2.24. The van der Waals surface area contributed by atoms with Crippen molar-refractivity contribution in [3.63, 3.8) is 0 Å². The molecule has 0 spiro atoms. The number of sulfone groups is 1. The highest BCUT2D eigenvalue weighted by molar-refractivity contribution is 7.91. The topological polar surface area (TPSA) is 116 Å². The van der Waals surface area contributed by atoms with Crippen molar-refractivity contribution in [2.24, 2.45) is 0 Å². The Morgan fingerprint density at radius 3 is 2.47 bits per heavy atom. The van der Waals surface area contributed by atoms with Crippen molar-refractivity contribution in [1.82, 2.24) is 13.4 Å². The first-order valence-corrected chi connectivity index (χ1v) is 12.6. The van der Waals surface area contributed by atoms with Crippen molar-refractivity contribution < 1.29 is 21.6 Å². The molecule has 30 heavy (non-hydrogen) atoms. The molecule has 1 atom stereocenters. The van der Waals surface area contributed by atoms with E-state index in [1.807, 2.05) is 11.5 Å². The average Bonchev–Trinajstić information content (AvgIpc) is 3.14. The Morgan fingerprint density at radius 2 is 1.90 bits per heavy atom. The molecule has 164 valence electrons. The van der Waals surface area contributed by atoms with Crippen molar-refractivity contribution in [1.29, 1.82) is 0 Å². The molecule has 0 aliphatic carbocycles. The van der Waals surface area contributed by atoms with Crippen LogP contribution < -0.4 is 5.56 Å². The van der Waals surface area contributed by atoms with E-state index in [1.54, 1.807) is 13.0 Å². The van der Waals surface area contributed by atoms with E-state index in [0.717, 1.165) is 26.8 Å². The van der Waals surface area contributed by atoms with E-state index in [0.29, 0.717) is 17.7 Å². The zero-order valence-electron chi connectivity index (χ0n) is 17.3. The molecule has 0 saturated carbocycles. The van der Waals surface area contributed by atoms with Gasteiger partial charge in [0.25, 0.3) is 5.56 Å². The number of carbonyl (C=O) groups is 1. The fourth-order valence-electron chi connectivity index (χ4n) is 3.84. The zero-order chi connectivity index (χ0) is 22.4. The molecule has 0 unspecified atom stereocenters. The Balaban J connectivity index is 1.93. The number of hydrogen-bond acceptors (Lipinski definition) is 6. The second kappa shape index (κ2) is 7.78. The molecule has 0 N–H and O–H groups in total.